The number of allylic oxidation sites excluding steroid dienone is 1. The van der Waals surface area contributed by atoms with Gasteiger partial charge in [-0.3, -0.25) is 24.0 Å². The summed E-state index contributed by atoms with van der Waals surface area (Å²) in [6.45, 7) is 4.65. The van der Waals surface area contributed by atoms with Gasteiger partial charge in [0.1, 0.15) is 12.4 Å². The summed E-state index contributed by atoms with van der Waals surface area (Å²) >= 11 is 5.89. The molecular weight excluding hydrogens is 538 g/mol. The average molecular weight is 574 g/mol. The maximum Gasteiger partial charge on any atom is 0.258 e. The van der Waals surface area contributed by atoms with Crippen LogP contribution in [0.2, 0.25) is 5.02 Å². The molecule has 0 saturated carbocycles. The van der Waals surface area contributed by atoms with Crippen LogP contribution in [0.4, 0.5) is 0 Å². The molecule has 0 radical (unpaired) electrons. The Kier molecular flexibility index (Phi) is 8.23. The van der Waals surface area contributed by atoms with Gasteiger partial charge in [0.2, 0.25) is 5.91 Å². The third-order valence-electron chi connectivity index (χ3n) is 8.48. The topological polar surface area (TPSA) is 93.7 Å². The van der Waals surface area contributed by atoms with Crippen LogP contribution < -0.4 is 16.0 Å². The van der Waals surface area contributed by atoms with Gasteiger partial charge in [0, 0.05) is 50.3 Å². The minimum atomic E-state index is -0.394. The van der Waals surface area contributed by atoms with Crippen molar-refractivity contribution in [3.8, 4) is 5.75 Å². The van der Waals surface area contributed by atoms with Crippen LogP contribution in [0.3, 0.4) is 0 Å². The van der Waals surface area contributed by atoms with Crippen LogP contribution in [-0.4, -0.2) is 57.5 Å². The highest BCUT2D eigenvalue weighted by molar-refractivity contribution is 6.30. The summed E-state index contributed by atoms with van der Waals surface area (Å²) in [5.41, 5.74) is 11.7. The maximum atomic E-state index is 12.9. The van der Waals surface area contributed by atoms with E-state index in [-0.39, 0.29) is 24.0 Å². The highest BCUT2D eigenvalue weighted by Crippen LogP contribution is 2.29. The summed E-state index contributed by atoms with van der Waals surface area (Å²) < 4.78 is 7.46. The Hall–Kier alpha value is -3.46. The number of ether oxygens (including phenoxy) is 1. The van der Waals surface area contributed by atoms with Crippen molar-refractivity contribution in [1.82, 2.24) is 19.4 Å². The molecule has 2 atom stereocenters. The Morgan fingerprint density at radius 3 is 2.73 bits per heavy atom. The smallest absolute Gasteiger partial charge is 0.258 e. The number of rotatable bonds is 8. The number of nitrogens with zero attached hydrogens (tertiary/aromatic N) is 4. The summed E-state index contributed by atoms with van der Waals surface area (Å²) in [6.07, 6.45) is 10.3. The molecule has 8 nitrogen and oxygen atoms in total. The molecule has 2 unspecified atom stereocenters. The molecule has 41 heavy (non-hydrogen) atoms. The van der Waals surface area contributed by atoms with E-state index in [2.05, 4.69) is 34.2 Å². The molecule has 3 aromatic rings. The number of benzene rings is 1. The van der Waals surface area contributed by atoms with Crippen LogP contribution in [0, 0.1) is 5.92 Å². The summed E-state index contributed by atoms with van der Waals surface area (Å²) in [5, 5.41) is 0.571. The van der Waals surface area contributed by atoms with Crippen molar-refractivity contribution >= 4 is 29.3 Å². The number of hydrogen-bond donors (Lipinski definition) is 1. The van der Waals surface area contributed by atoms with E-state index in [1.54, 1.807) is 29.1 Å². The molecule has 9 heteroatoms. The van der Waals surface area contributed by atoms with Gasteiger partial charge in [-0.15, -0.1) is 0 Å². The number of likely N-dealkylation sites (tertiary alicyclic amines) is 2. The predicted octanol–water partition coefficient (Wildman–Crippen LogP) is 4.19. The third kappa shape index (κ3) is 6.40. The van der Waals surface area contributed by atoms with Crippen LogP contribution in [0.5, 0.6) is 5.75 Å². The first-order chi connectivity index (χ1) is 19.9. The molecule has 1 aromatic carbocycles. The summed E-state index contributed by atoms with van der Waals surface area (Å²) in [7, 11) is 0. The second-order valence-corrected chi connectivity index (χ2v) is 11.8. The van der Waals surface area contributed by atoms with E-state index < -0.39 is 6.04 Å². The van der Waals surface area contributed by atoms with E-state index in [0.29, 0.717) is 10.8 Å². The number of fused-ring (bicyclic) bond motifs is 1. The molecule has 2 saturated heterocycles. The summed E-state index contributed by atoms with van der Waals surface area (Å²) in [6, 6.07) is 13.1. The van der Waals surface area contributed by atoms with Gasteiger partial charge in [-0.2, -0.15) is 0 Å². The van der Waals surface area contributed by atoms with E-state index in [1.165, 1.54) is 17.2 Å². The van der Waals surface area contributed by atoms with Crippen LogP contribution in [0.1, 0.15) is 48.1 Å². The molecule has 1 amide bonds. The predicted molar refractivity (Wildman–Crippen MR) is 160 cm³/mol. The number of carbonyl (C=O) groups is 1. The second-order valence-electron chi connectivity index (χ2n) is 11.3. The fourth-order valence-corrected chi connectivity index (χ4v) is 6.28. The zero-order valence-electron chi connectivity index (χ0n) is 23.2. The fourth-order valence-electron chi connectivity index (χ4n) is 6.16. The molecule has 2 aromatic heterocycles. The SMILES string of the molecule is NC(C(=O)N1CCCC1)C1CCN(Cc2ccc3c(c2)CCC(n2ccc(OCc4ccc(Cl)cn4)cc2=O)=C3)C1. The van der Waals surface area contributed by atoms with E-state index >= 15 is 0 Å². The average Bonchev–Trinajstić information content (AvgIpc) is 3.69. The minimum Gasteiger partial charge on any atom is -0.487 e. The number of halogens is 1. The zero-order valence-corrected chi connectivity index (χ0v) is 23.9. The van der Waals surface area contributed by atoms with Crippen LogP contribution in [-0.2, 0) is 24.4 Å². The van der Waals surface area contributed by atoms with Gasteiger partial charge in [-0.1, -0.05) is 29.8 Å². The van der Waals surface area contributed by atoms with Crippen LogP contribution in [0.15, 0.2) is 59.7 Å². The fraction of sp³-hybridized carbons (Fsp3) is 0.406. The number of nitrogens with two attached hydrogens (primary N) is 1. The maximum absolute atomic E-state index is 12.9. The van der Waals surface area contributed by atoms with Crippen molar-refractivity contribution in [3.63, 3.8) is 0 Å². The first-order valence-electron chi connectivity index (χ1n) is 14.5. The first-order valence-corrected chi connectivity index (χ1v) is 14.9. The highest BCUT2D eigenvalue weighted by Gasteiger charge is 2.34. The molecule has 214 valence electrons. The van der Waals surface area contributed by atoms with Crippen molar-refractivity contribution in [2.24, 2.45) is 11.7 Å². The molecule has 2 aliphatic heterocycles. The van der Waals surface area contributed by atoms with E-state index in [9.17, 15) is 9.59 Å². The lowest BCUT2D eigenvalue weighted by Gasteiger charge is -2.25. The lowest BCUT2D eigenvalue weighted by molar-refractivity contribution is -0.132. The highest BCUT2D eigenvalue weighted by atomic mass is 35.5. The van der Waals surface area contributed by atoms with Crippen molar-refractivity contribution in [1.29, 1.82) is 0 Å². The van der Waals surface area contributed by atoms with Crippen LogP contribution in [0.25, 0.3) is 11.8 Å². The normalized spacial score (nSPS) is 19.6. The third-order valence-corrected chi connectivity index (χ3v) is 8.71. The van der Waals surface area contributed by atoms with Gasteiger partial charge in [-0.25, -0.2) is 0 Å². The standard InChI is InChI=1S/C32H36ClN5O3/c33-26-6-7-27(35-18-26)21-41-29-10-14-38(30(39)17-29)28-8-5-23-15-22(3-4-24(23)16-28)19-36-13-9-25(20-36)31(34)32(40)37-11-1-2-12-37/h3-4,6-7,10,14-18,25,31H,1-2,5,8-9,11-13,19-21,34H2. The molecule has 2 fully saturated rings. The summed E-state index contributed by atoms with van der Waals surface area (Å²) in [5.74, 6) is 0.854. The van der Waals surface area contributed by atoms with Crippen molar-refractivity contribution in [2.45, 2.75) is 51.3 Å². The largest absolute Gasteiger partial charge is 0.487 e. The van der Waals surface area contributed by atoms with Gasteiger partial charge < -0.3 is 15.4 Å². The number of aromatic nitrogens is 2. The lowest BCUT2D eigenvalue weighted by Crippen LogP contribution is -2.47. The summed E-state index contributed by atoms with van der Waals surface area (Å²) in [4.78, 5) is 34.3. The van der Waals surface area contributed by atoms with E-state index in [4.69, 9.17) is 22.1 Å². The van der Waals surface area contributed by atoms with Crippen LogP contribution >= 0.6 is 11.6 Å². The molecule has 2 N–H and O–H groups in total. The van der Waals surface area contributed by atoms with Gasteiger partial charge in [0.05, 0.1) is 16.8 Å². The Balaban J connectivity index is 1.06. The Morgan fingerprint density at radius 1 is 1.10 bits per heavy atom. The Morgan fingerprint density at radius 2 is 1.95 bits per heavy atom. The monoisotopic (exact) mass is 573 g/mol. The molecule has 1 aliphatic carbocycles. The van der Waals surface area contributed by atoms with Gasteiger partial charge in [-0.05, 0) is 85.5 Å². The van der Waals surface area contributed by atoms with E-state index in [1.807, 2.05) is 11.0 Å². The minimum absolute atomic E-state index is 0.122. The molecular formula is C32H36ClN5O3. The number of hydrogen-bond acceptors (Lipinski definition) is 6. The molecule has 0 bridgehead atoms. The number of pyridine rings is 2. The number of amides is 1. The molecule has 0 spiro atoms. The van der Waals surface area contributed by atoms with Gasteiger partial charge in [0.25, 0.3) is 5.56 Å². The number of carbonyl (C=O) groups excluding carboxylic acids is 1. The quantitative estimate of drug-likeness (QED) is 0.434. The molecule has 6 rings (SSSR count). The first kappa shape index (κ1) is 27.7. The zero-order chi connectivity index (χ0) is 28.3. The van der Waals surface area contributed by atoms with Crippen molar-refractivity contribution in [2.75, 3.05) is 26.2 Å². The Bertz CT molecular complexity index is 1500. The second kappa shape index (κ2) is 12.2. The molecule has 4 heterocycles. The van der Waals surface area contributed by atoms with Gasteiger partial charge >= 0.3 is 0 Å². The van der Waals surface area contributed by atoms with Gasteiger partial charge in [0.15, 0.2) is 0 Å². The molecule has 3 aliphatic rings. The lowest BCUT2D eigenvalue weighted by atomic mass is 9.93. The van der Waals surface area contributed by atoms with Crippen molar-refractivity contribution in [3.05, 3.63) is 92.6 Å². The van der Waals surface area contributed by atoms with Crippen molar-refractivity contribution < 1.29 is 9.53 Å². The number of aryl methyl sites for hydroxylation is 1. The Labute approximate surface area is 245 Å². The van der Waals surface area contributed by atoms with E-state index in [0.717, 1.165) is 81.8 Å².